The molecule has 0 saturated heterocycles. The van der Waals surface area contributed by atoms with Crippen molar-refractivity contribution in [1.29, 1.82) is 0 Å². The van der Waals surface area contributed by atoms with Crippen molar-refractivity contribution in [3.05, 3.63) is 64.7 Å². The SMILES string of the molecule is CC(CNCCCCCc1cc(F)ccc1O)C1CCc2cc(F)ccc2C1. The minimum Gasteiger partial charge on any atom is -0.508 e. The van der Waals surface area contributed by atoms with Crippen LogP contribution in [-0.2, 0) is 19.3 Å². The molecule has 28 heavy (non-hydrogen) atoms. The topological polar surface area (TPSA) is 32.3 Å². The first-order valence-corrected chi connectivity index (χ1v) is 10.5. The maximum absolute atomic E-state index is 13.3. The fraction of sp³-hybridized carbons (Fsp3) is 0.500. The van der Waals surface area contributed by atoms with Crippen molar-refractivity contribution >= 4 is 0 Å². The molecule has 1 aliphatic carbocycles. The van der Waals surface area contributed by atoms with Crippen molar-refractivity contribution in [2.45, 2.75) is 51.9 Å². The van der Waals surface area contributed by atoms with Crippen molar-refractivity contribution in [3.8, 4) is 5.75 Å². The summed E-state index contributed by atoms with van der Waals surface area (Å²) in [6.45, 7) is 4.29. The summed E-state index contributed by atoms with van der Waals surface area (Å²) in [5.41, 5.74) is 3.19. The summed E-state index contributed by atoms with van der Waals surface area (Å²) in [6, 6.07) is 9.35. The molecule has 4 heteroatoms. The van der Waals surface area contributed by atoms with E-state index in [0.29, 0.717) is 23.8 Å². The Balaban J connectivity index is 1.30. The monoisotopic (exact) mass is 387 g/mol. The second-order valence-corrected chi connectivity index (χ2v) is 8.18. The normalized spacial score (nSPS) is 17.3. The number of fused-ring (bicyclic) bond motifs is 1. The second-order valence-electron chi connectivity index (χ2n) is 8.18. The Hall–Kier alpha value is -1.94. The molecule has 1 aliphatic rings. The van der Waals surface area contributed by atoms with Gasteiger partial charge in [0, 0.05) is 0 Å². The fourth-order valence-electron chi connectivity index (χ4n) is 4.23. The van der Waals surface area contributed by atoms with Gasteiger partial charge in [-0.15, -0.1) is 0 Å². The molecule has 0 amide bonds. The lowest BCUT2D eigenvalue weighted by Crippen LogP contribution is -2.30. The predicted molar refractivity (Wildman–Crippen MR) is 110 cm³/mol. The first-order chi connectivity index (χ1) is 13.5. The van der Waals surface area contributed by atoms with Gasteiger partial charge < -0.3 is 10.4 Å². The zero-order valence-electron chi connectivity index (χ0n) is 16.7. The molecule has 2 nitrogen and oxygen atoms in total. The lowest BCUT2D eigenvalue weighted by Gasteiger charge is -2.29. The highest BCUT2D eigenvalue weighted by molar-refractivity contribution is 5.32. The van der Waals surface area contributed by atoms with E-state index in [4.69, 9.17) is 0 Å². The number of phenols is 1. The summed E-state index contributed by atoms with van der Waals surface area (Å²) in [5.74, 6) is 1.02. The van der Waals surface area contributed by atoms with Crippen LogP contribution in [0.3, 0.4) is 0 Å². The zero-order valence-corrected chi connectivity index (χ0v) is 16.7. The average molecular weight is 388 g/mol. The smallest absolute Gasteiger partial charge is 0.123 e. The molecule has 2 atom stereocenters. The summed E-state index contributed by atoms with van der Waals surface area (Å²) in [7, 11) is 0. The zero-order chi connectivity index (χ0) is 19.9. The largest absolute Gasteiger partial charge is 0.508 e. The molecule has 0 fully saturated rings. The van der Waals surface area contributed by atoms with Gasteiger partial charge in [0.2, 0.25) is 0 Å². The predicted octanol–water partition coefficient (Wildman–Crippen LogP) is 5.41. The highest BCUT2D eigenvalue weighted by Crippen LogP contribution is 2.30. The van der Waals surface area contributed by atoms with Crippen LogP contribution in [-0.4, -0.2) is 18.2 Å². The third kappa shape index (κ3) is 5.78. The number of benzene rings is 2. The molecule has 2 unspecified atom stereocenters. The summed E-state index contributed by atoms with van der Waals surface area (Å²) >= 11 is 0. The van der Waals surface area contributed by atoms with Gasteiger partial charge in [-0.1, -0.05) is 19.4 Å². The van der Waals surface area contributed by atoms with E-state index < -0.39 is 0 Å². The van der Waals surface area contributed by atoms with E-state index in [1.54, 1.807) is 12.1 Å². The van der Waals surface area contributed by atoms with Crippen LogP contribution in [0.2, 0.25) is 0 Å². The number of phenolic OH excluding ortho intramolecular Hbond substituents is 1. The number of hydrogen-bond donors (Lipinski definition) is 2. The molecule has 0 spiro atoms. The van der Waals surface area contributed by atoms with Crippen molar-refractivity contribution in [2.75, 3.05) is 13.1 Å². The van der Waals surface area contributed by atoms with Gasteiger partial charge in [-0.25, -0.2) is 8.78 Å². The quantitative estimate of drug-likeness (QED) is 0.564. The van der Waals surface area contributed by atoms with Gasteiger partial charge in [0.1, 0.15) is 17.4 Å². The van der Waals surface area contributed by atoms with Crippen LogP contribution in [0.5, 0.6) is 5.75 Å². The molecule has 2 aromatic carbocycles. The first kappa shape index (κ1) is 20.8. The van der Waals surface area contributed by atoms with E-state index in [0.717, 1.165) is 51.6 Å². The van der Waals surface area contributed by atoms with Gasteiger partial charge in [-0.3, -0.25) is 0 Å². The average Bonchev–Trinajstić information content (AvgIpc) is 2.69. The number of nitrogens with one attached hydrogen (secondary N) is 1. The Kier molecular flexibility index (Phi) is 7.43. The molecule has 0 aromatic heterocycles. The minimum atomic E-state index is -0.293. The van der Waals surface area contributed by atoms with E-state index in [2.05, 4.69) is 12.2 Å². The maximum Gasteiger partial charge on any atom is 0.123 e. The minimum absolute atomic E-state index is 0.125. The van der Waals surface area contributed by atoms with Gasteiger partial charge in [0.05, 0.1) is 0 Å². The van der Waals surface area contributed by atoms with Crippen molar-refractivity contribution in [1.82, 2.24) is 5.32 Å². The Morgan fingerprint density at radius 2 is 1.82 bits per heavy atom. The van der Waals surface area contributed by atoms with Crippen LogP contribution < -0.4 is 5.32 Å². The Bertz CT molecular complexity index is 777. The molecule has 0 bridgehead atoms. The molecular formula is C24H31F2NO. The van der Waals surface area contributed by atoms with Gasteiger partial charge >= 0.3 is 0 Å². The lowest BCUT2D eigenvalue weighted by atomic mass is 9.77. The number of hydrogen-bond acceptors (Lipinski definition) is 2. The third-order valence-corrected chi connectivity index (χ3v) is 6.05. The fourth-order valence-corrected chi connectivity index (χ4v) is 4.23. The van der Waals surface area contributed by atoms with E-state index in [1.165, 1.54) is 29.3 Å². The van der Waals surface area contributed by atoms with Crippen LogP contribution in [0.25, 0.3) is 0 Å². The van der Waals surface area contributed by atoms with Gasteiger partial charge in [-0.2, -0.15) is 0 Å². The third-order valence-electron chi connectivity index (χ3n) is 6.05. The molecule has 152 valence electrons. The van der Waals surface area contributed by atoms with Gasteiger partial charge in [0.25, 0.3) is 0 Å². The van der Waals surface area contributed by atoms with E-state index in [-0.39, 0.29) is 17.4 Å². The highest BCUT2D eigenvalue weighted by atomic mass is 19.1. The molecule has 2 N–H and O–H groups in total. The van der Waals surface area contributed by atoms with Crippen LogP contribution in [0.1, 0.15) is 49.3 Å². The van der Waals surface area contributed by atoms with Crippen molar-refractivity contribution in [2.24, 2.45) is 11.8 Å². The summed E-state index contributed by atoms with van der Waals surface area (Å²) in [4.78, 5) is 0. The van der Waals surface area contributed by atoms with Crippen molar-refractivity contribution < 1.29 is 13.9 Å². The lowest BCUT2D eigenvalue weighted by molar-refractivity contribution is 0.307. The van der Waals surface area contributed by atoms with Crippen LogP contribution >= 0.6 is 0 Å². The number of rotatable bonds is 9. The Labute approximate surface area is 167 Å². The van der Waals surface area contributed by atoms with Crippen LogP contribution in [0.4, 0.5) is 8.78 Å². The number of unbranched alkanes of at least 4 members (excludes halogenated alkanes) is 2. The van der Waals surface area contributed by atoms with E-state index in [1.807, 2.05) is 6.07 Å². The van der Waals surface area contributed by atoms with E-state index in [9.17, 15) is 13.9 Å². The van der Waals surface area contributed by atoms with Crippen LogP contribution in [0, 0.1) is 23.5 Å². The van der Waals surface area contributed by atoms with Gasteiger partial charge in [-0.05, 0) is 110 Å². The molecule has 3 rings (SSSR count). The molecular weight excluding hydrogens is 356 g/mol. The first-order valence-electron chi connectivity index (χ1n) is 10.5. The summed E-state index contributed by atoms with van der Waals surface area (Å²) in [5, 5.41) is 13.3. The second kappa shape index (κ2) is 10.0. The van der Waals surface area contributed by atoms with Crippen molar-refractivity contribution in [3.63, 3.8) is 0 Å². The molecule has 0 radical (unpaired) electrons. The van der Waals surface area contributed by atoms with Gasteiger partial charge in [0.15, 0.2) is 0 Å². The Morgan fingerprint density at radius 3 is 2.68 bits per heavy atom. The maximum atomic E-state index is 13.3. The van der Waals surface area contributed by atoms with Crippen LogP contribution in [0.15, 0.2) is 36.4 Å². The van der Waals surface area contributed by atoms with E-state index >= 15 is 0 Å². The number of aryl methyl sites for hydroxylation is 2. The summed E-state index contributed by atoms with van der Waals surface area (Å²) < 4.78 is 26.6. The summed E-state index contributed by atoms with van der Waals surface area (Å²) in [6.07, 6.45) is 6.96. The molecule has 2 aromatic rings. The number of aromatic hydroxyl groups is 1. The molecule has 0 saturated carbocycles. The molecule has 0 heterocycles. The molecule has 0 aliphatic heterocycles. The highest BCUT2D eigenvalue weighted by Gasteiger charge is 2.23. The Morgan fingerprint density at radius 1 is 1.04 bits per heavy atom. The number of halogens is 2. The standard InChI is InChI=1S/C24H31F2NO/c1-17(18-6-7-20-14-22(25)9-8-19(20)13-18)16-27-12-4-2-3-5-21-15-23(26)10-11-24(21)28/h8-11,14-15,17-18,27-28H,2-7,12-13,16H2,1H3.